The Balaban J connectivity index is 1.39. The number of methoxy groups -OCH3 is 1. The summed E-state index contributed by atoms with van der Waals surface area (Å²) in [5.74, 6) is 1.14. The fourth-order valence-electron chi connectivity index (χ4n) is 6.96. The molecule has 3 amide bonds. The van der Waals surface area contributed by atoms with Crippen LogP contribution in [-0.2, 0) is 20.7 Å². The maximum atomic E-state index is 14.0. The minimum atomic E-state index is -0.560. The van der Waals surface area contributed by atoms with Crippen LogP contribution >= 0.6 is 11.6 Å². The lowest BCUT2D eigenvalue weighted by Gasteiger charge is -2.39. The van der Waals surface area contributed by atoms with Gasteiger partial charge in [-0.05, 0) is 119 Å². The molecule has 0 spiro atoms. The van der Waals surface area contributed by atoms with Crippen LogP contribution < -0.4 is 14.4 Å². The van der Waals surface area contributed by atoms with Crippen molar-refractivity contribution in [2.75, 3.05) is 31.6 Å². The quantitative estimate of drug-likeness (QED) is 0.208. The number of halogens is 1. The number of hydrogen-bond acceptors (Lipinski definition) is 6. The van der Waals surface area contributed by atoms with Gasteiger partial charge in [-0.3, -0.25) is 9.59 Å². The Morgan fingerprint density at radius 3 is 2.18 bits per heavy atom. The molecule has 0 bridgehead atoms. The zero-order valence-electron chi connectivity index (χ0n) is 31.2. The Labute approximate surface area is 307 Å². The molecule has 3 atom stereocenters. The second-order valence-electron chi connectivity index (χ2n) is 14.6. The summed E-state index contributed by atoms with van der Waals surface area (Å²) in [7, 11) is 1.62. The highest BCUT2D eigenvalue weighted by Crippen LogP contribution is 2.44. The molecule has 274 valence electrons. The van der Waals surface area contributed by atoms with Crippen molar-refractivity contribution in [1.29, 1.82) is 0 Å². The molecule has 5 rings (SSSR count). The number of piperidine rings is 1. The normalized spacial score (nSPS) is 17.7. The van der Waals surface area contributed by atoms with Gasteiger partial charge in [-0.15, -0.1) is 0 Å². The second-order valence-corrected chi connectivity index (χ2v) is 15.0. The lowest BCUT2D eigenvalue weighted by Crippen LogP contribution is -2.46. The van der Waals surface area contributed by atoms with Crippen molar-refractivity contribution in [3.8, 4) is 11.5 Å². The third-order valence-corrected chi connectivity index (χ3v) is 10.2. The number of nitrogens with zero attached hydrogens (tertiary/aromatic N) is 3. The van der Waals surface area contributed by atoms with Crippen molar-refractivity contribution in [3.63, 3.8) is 0 Å². The summed E-state index contributed by atoms with van der Waals surface area (Å²) >= 11 is 6.30. The zero-order chi connectivity index (χ0) is 37.0. The molecule has 3 aromatic rings. The third-order valence-electron chi connectivity index (χ3n) is 9.92. The first kappa shape index (κ1) is 38.0. The fraction of sp³-hybridized carbons (Fsp3) is 0.488. The highest BCUT2D eigenvalue weighted by atomic mass is 35.5. The number of amides is 3. The topological polar surface area (TPSA) is 88.6 Å². The first-order valence-corrected chi connectivity index (χ1v) is 18.5. The van der Waals surface area contributed by atoms with Crippen LogP contribution in [0, 0.1) is 5.92 Å². The Morgan fingerprint density at radius 2 is 1.61 bits per heavy atom. The number of fused-ring (bicyclic) bond motifs is 1. The van der Waals surface area contributed by atoms with E-state index < -0.39 is 11.6 Å². The predicted molar refractivity (Wildman–Crippen MR) is 201 cm³/mol. The fourth-order valence-corrected chi connectivity index (χ4v) is 7.08. The number of rotatable bonds is 10. The summed E-state index contributed by atoms with van der Waals surface area (Å²) in [6.07, 6.45) is 1.90. The van der Waals surface area contributed by atoms with Gasteiger partial charge < -0.3 is 28.9 Å². The second kappa shape index (κ2) is 16.0. The molecule has 1 fully saturated rings. The van der Waals surface area contributed by atoms with E-state index in [-0.39, 0.29) is 42.4 Å². The van der Waals surface area contributed by atoms with E-state index >= 15 is 0 Å². The van der Waals surface area contributed by atoms with Gasteiger partial charge in [0, 0.05) is 36.3 Å². The van der Waals surface area contributed by atoms with Crippen molar-refractivity contribution in [2.45, 2.75) is 97.9 Å². The summed E-state index contributed by atoms with van der Waals surface area (Å²) in [6.45, 7) is 15.2. The molecule has 10 heteroatoms. The smallest absolute Gasteiger partial charge is 0.410 e. The molecule has 0 radical (unpaired) electrons. The number of ether oxygens (including phenoxy) is 3. The predicted octanol–water partition coefficient (Wildman–Crippen LogP) is 8.76. The standard InChI is InChI=1S/C41H52ClN3O6/c1-9-26(3)50-36-25-34-31(23-35(36)49-8)24-37(46)45(38(34)29-11-15-32(42)16-12-29)33-17-13-28(14-18-33)27(4)44(10-2)39(47)30-19-21-43(22-20-30)40(48)51-41(5,6)7/h11-18,23,25-27,30,38H,9-10,19-22,24H2,1-8H3. The van der Waals surface area contributed by atoms with Crippen LogP contribution in [0.4, 0.5) is 10.5 Å². The lowest BCUT2D eigenvalue weighted by atomic mass is 9.86. The van der Waals surface area contributed by atoms with E-state index in [9.17, 15) is 14.4 Å². The van der Waals surface area contributed by atoms with Crippen molar-refractivity contribution in [1.82, 2.24) is 9.80 Å². The van der Waals surface area contributed by atoms with E-state index in [1.54, 1.807) is 12.0 Å². The Kier molecular flexibility index (Phi) is 11.9. The van der Waals surface area contributed by atoms with Crippen molar-refractivity contribution in [2.24, 2.45) is 5.92 Å². The zero-order valence-corrected chi connectivity index (χ0v) is 32.0. The third kappa shape index (κ3) is 8.63. The van der Waals surface area contributed by atoms with Crippen LogP contribution in [-0.4, -0.2) is 66.2 Å². The lowest BCUT2D eigenvalue weighted by molar-refractivity contribution is -0.139. The minimum Gasteiger partial charge on any atom is -0.493 e. The summed E-state index contributed by atoms with van der Waals surface area (Å²) < 4.78 is 17.5. The van der Waals surface area contributed by atoms with E-state index in [0.29, 0.717) is 49.0 Å². The average Bonchev–Trinajstić information content (AvgIpc) is 3.11. The monoisotopic (exact) mass is 717 g/mol. The van der Waals surface area contributed by atoms with Crippen LogP contribution in [0.1, 0.15) is 102 Å². The van der Waals surface area contributed by atoms with Gasteiger partial charge in [0.15, 0.2) is 11.5 Å². The van der Waals surface area contributed by atoms with E-state index in [4.69, 9.17) is 25.8 Å². The molecular formula is C41H52ClN3O6. The van der Waals surface area contributed by atoms with Crippen molar-refractivity contribution >= 4 is 35.2 Å². The first-order chi connectivity index (χ1) is 24.2. The Bertz CT molecular complexity index is 1700. The van der Waals surface area contributed by atoms with E-state index in [2.05, 4.69) is 6.92 Å². The number of likely N-dealkylation sites (tertiary alicyclic amines) is 1. The highest BCUT2D eigenvalue weighted by Gasteiger charge is 2.37. The maximum Gasteiger partial charge on any atom is 0.410 e. The Morgan fingerprint density at radius 1 is 0.961 bits per heavy atom. The SMILES string of the molecule is CCC(C)Oc1cc2c(cc1OC)CC(=O)N(c1ccc(C(C)N(CC)C(=O)C3CCN(C(=O)OC(C)(C)C)CC3)cc1)C2c1ccc(Cl)cc1. The summed E-state index contributed by atoms with van der Waals surface area (Å²) in [5.41, 5.74) is 3.95. The largest absolute Gasteiger partial charge is 0.493 e. The molecule has 3 unspecified atom stereocenters. The van der Waals surface area contributed by atoms with Gasteiger partial charge in [-0.1, -0.05) is 42.8 Å². The molecule has 0 aliphatic carbocycles. The van der Waals surface area contributed by atoms with Crippen molar-refractivity contribution in [3.05, 3.63) is 87.9 Å². The van der Waals surface area contributed by atoms with Gasteiger partial charge in [0.2, 0.25) is 11.8 Å². The molecular weight excluding hydrogens is 666 g/mol. The van der Waals surface area contributed by atoms with Crippen LogP contribution in [0.25, 0.3) is 0 Å². The average molecular weight is 718 g/mol. The number of carbonyl (C=O) groups is 3. The van der Waals surface area contributed by atoms with Gasteiger partial charge in [0.25, 0.3) is 0 Å². The van der Waals surface area contributed by atoms with Crippen LogP contribution in [0.3, 0.4) is 0 Å². The van der Waals surface area contributed by atoms with E-state index in [1.807, 2.05) is 112 Å². The van der Waals surface area contributed by atoms with E-state index in [1.165, 1.54) is 0 Å². The maximum absolute atomic E-state index is 14.0. The number of benzene rings is 3. The van der Waals surface area contributed by atoms with Gasteiger partial charge in [-0.25, -0.2) is 4.79 Å². The first-order valence-electron chi connectivity index (χ1n) is 18.1. The highest BCUT2D eigenvalue weighted by molar-refractivity contribution is 6.30. The summed E-state index contributed by atoms with van der Waals surface area (Å²) in [4.78, 5) is 45.9. The molecule has 1 saturated heterocycles. The van der Waals surface area contributed by atoms with Gasteiger partial charge >= 0.3 is 6.09 Å². The molecule has 0 saturated carbocycles. The molecule has 2 aliphatic heterocycles. The number of carbonyl (C=O) groups excluding carboxylic acids is 3. The molecule has 0 N–H and O–H groups in total. The van der Waals surface area contributed by atoms with E-state index in [0.717, 1.165) is 34.4 Å². The molecule has 2 heterocycles. The number of hydrogen-bond donors (Lipinski definition) is 0. The van der Waals surface area contributed by atoms with Crippen LogP contribution in [0.5, 0.6) is 11.5 Å². The van der Waals surface area contributed by atoms with Crippen molar-refractivity contribution < 1.29 is 28.6 Å². The van der Waals surface area contributed by atoms with Gasteiger partial charge in [0.1, 0.15) is 5.60 Å². The summed E-state index contributed by atoms with van der Waals surface area (Å²) in [5, 5.41) is 0.616. The minimum absolute atomic E-state index is 0.0126. The molecule has 3 aromatic carbocycles. The van der Waals surface area contributed by atoms with Gasteiger partial charge in [0.05, 0.1) is 31.7 Å². The van der Waals surface area contributed by atoms with Crippen LogP contribution in [0.2, 0.25) is 5.02 Å². The molecule has 2 aliphatic rings. The molecule has 0 aromatic heterocycles. The Hall–Kier alpha value is -4.24. The van der Waals surface area contributed by atoms with Gasteiger partial charge in [-0.2, -0.15) is 0 Å². The summed E-state index contributed by atoms with van der Waals surface area (Å²) in [6, 6.07) is 18.9. The number of anilines is 1. The molecule has 51 heavy (non-hydrogen) atoms. The molecule has 9 nitrogen and oxygen atoms in total. The van der Waals surface area contributed by atoms with Crippen LogP contribution in [0.15, 0.2) is 60.7 Å².